The summed E-state index contributed by atoms with van der Waals surface area (Å²) in [7, 11) is 0. The van der Waals surface area contributed by atoms with E-state index in [1.54, 1.807) is 6.07 Å². The summed E-state index contributed by atoms with van der Waals surface area (Å²) in [5.74, 6) is 1.26. The molecule has 0 saturated carbocycles. The number of benzene rings is 1. The molecule has 0 aromatic heterocycles. The minimum Gasteiger partial charge on any atom is -0.478 e. The Balaban J connectivity index is 2.84. The number of halogens is 1. The van der Waals surface area contributed by atoms with Gasteiger partial charge in [-0.1, -0.05) is 24.6 Å². The van der Waals surface area contributed by atoms with Gasteiger partial charge in [-0.05, 0) is 18.6 Å². The molecule has 0 spiro atoms. The molecule has 3 N–H and O–H groups in total. The van der Waals surface area contributed by atoms with E-state index in [9.17, 15) is 9.59 Å². The van der Waals surface area contributed by atoms with E-state index in [1.165, 1.54) is 12.1 Å². The van der Waals surface area contributed by atoms with Crippen LogP contribution in [0.25, 0.3) is 0 Å². The van der Waals surface area contributed by atoms with Gasteiger partial charge in [-0.25, -0.2) is 9.59 Å². The standard InChI is InChI=1S/C14H15ClN2O3/c1-3-6-9(4-2)16-14(20)17-11-8-5-7-10(15)12(11)13(18)19/h1,5,7-9H,4,6H2,2H3,(H,18,19)(H2,16,17,20). The molecule has 1 unspecified atom stereocenters. The zero-order valence-corrected chi connectivity index (χ0v) is 11.7. The molecule has 1 aromatic rings. The first-order chi connectivity index (χ1) is 9.49. The Bertz CT molecular complexity index is 552. The average Bonchev–Trinajstić information content (AvgIpc) is 2.37. The summed E-state index contributed by atoms with van der Waals surface area (Å²) in [6.07, 6.45) is 6.29. The highest BCUT2D eigenvalue weighted by Crippen LogP contribution is 2.24. The van der Waals surface area contributed by atoms with Gasteiger partial charge >= 0.3 is 12.0 Å². The molecule has 6 heteroatoms. The molecule has 1 atom stereocenters. The van der Waals surface area contributed by atoms with Gasteiger partial charge in [-0.15, -0.1) is 12.3 Å². The monoisotopic (exact) mass is 294 g/mol. The topological polar surface area (TPSA) is 78.4 Å². The van der Waals surface area contributed by atoms with E-state index in [0.29, 0.717) is 12.8 Å². The minimum atomic E-state index is -1.21. The highest BCUT2D eigenvalue weighted by Gasteiger charge is 2.17. The Morgan fingerprint density at radius 2 is 2.20 bits per heavy atom. The SMILES string of the molecule is C#CCC(CC)NC(=O)Nc1cccc(Cl)c1C(=O)O. The van der Waals surface area contributed by atoms with E-state index in [1.807, 2.05) is 6.92 Å². The Morgan fingerprint density at radius 3 is 2.75 bits per heavy atom. The zero-order chi connectivity index (χ0) is 15.1. The smallest absolute Gasteiger partial charge is 0.339 e. The van der Waals surface area contributed by atoms with Crippen LogP contribution in [-0.4, -0.2) is 23.1 Å². The largest absolute Gasteiger partial charge is 0.478 e. The van der Waals surface area contributed by atoms with Crippen LogP contribution in [0.15, 0.2) is 18.2 Å². The van der Waals surface area contributed by atoms with Crippen molar-refractivity contribution in [3.63, 3.8) is 0 Å². The fourth-order valence-electron chi connectivity index (χ4n) is 1.63. The number of carboxylic acids is 1. The Morgan fingerprint density at radius 1 is 1.50 bits per heavy atom. The molecule has 0 bridgehead atoms. The fraction of sp³-hybridized carbons (Fsp3) is 0.286. The van der Waals surface area contributed by atoms with E-state index in [4.69, 9.17) is 23.1 Å². The number of carboxylic acid groups (broad SMARTS) is 1. The second kappa shape index (κ2) is 7.41. The molecule has 20 heavy (non-hydrogen) atoms. The molecule has 0 fully saturated rings. The predicted octanol–water partition coefficient (Wildman–Crippen LogP) is 2.96. The second-order valence-corrected chi connectivity index (χ2v) is 4.49. The van der Waals surface area contributed by atoms with Crippen LogP contribution in [0, 0.1) is 12.3 Å². The van der Waals surface area contributed by atoms with Gasteiger partial charge in [-0.2, -0.15) is 0 Å². The summed E-state index contributed by atoms with van der Waals surface area (Å²) in [5, 5.41) is 14.3. The molecule has 2 amide bonds. The Kier molecular flexibility index (Phi) is 5.88. The lowest BCUT2D eigenvalue weighted by molar-refractivity contribution is 0.0698. The number of hydrogen-bond donors (Lipinski definition) is 3. The first kappa shape index (κ1) is 15.9. The van der Waals surface area contributed by atoms with Gasteiger partial charge in [0, 0.05) is 12.5 Å². The summed E-state index contributed by atoms with van der Waals surface area (Å²) < 4.78 is 0. The first-order valence-electron chi connectivity index (χ1n) is 6.02. The highest BCUT2D eigenvalue weighted by atomic mass is 35.5. The number of rotatable bonds is 5. The van der Waals surface area contributed by atoms with Gasteiger partial charge in [0.05, 0.1) is 10.7 Å². The van der Waals surface area contributed by atoms with Crippen molar-refractivity contribution in [3.05, 3.63) is 28.8 Å². The van der Waals surface area contributed by atoms with Crippen molar-refractivity contribution in [1.29, 1.82) is 0 Å². The normalized spacial score (nSPS) is 11.2. The molecular formula is C14H15ClN2O3. The first-order valence-corrected chi connectivity index (χ1v) is 6.40. The van der Waals surface area contributed by atoms with Crippen LogP contribution in [0.1, 0.15) is 30.1 Å². The van der Waals surface area contributed by atoms with Crippen LogP contribution in [0.2, 0.25) is 5.02 Å². The van der Waals surface area contributed by atoms with Crippen molar-refractivity contribution in [2.24, 2.45) is 0 Å². The lowest BCUT2D eigenvalue weighted by Crippen LogP contribution is -2.37. The van der Waals surface area contributed by atoms with E-state index in [0.717, 1.165) is 0 Å². The van der Waals surface area contributed by atoms with Gasteiger partial charge in [0.15, 0.2) is 0 Å². The maximum atomic E-state index is 11.8. The van der Waals surface area contributed by atoms with E-state index >= 15 is 0 Å². The number of nitrogens with one attached hydrogen (secondary N) is 2. The van der Waals surface area contributed by atoms with Crippen LogP contribution in [-0.2, 0) is 0 Å². The second-order valence-electron chi connectivity index (χ2n) is 4.08. The van der Waals surface area contributed by atoms with Gasteiger partial charge < -0.3 is 15.7 Å². The molecule has 0 heterocycles. The number of carbonyl (C=O) groups excluding carboxylic acids is 1. The average molecular weight is 295 g/mol. The summed E-state index contributed by atoms with van der Waals surface area (Å²) in [6, 6.07) is 3.80. The van der Waals surface area contributed by atoms with Crippen LogP contribution < -0.4 is 10.6 Å². The molecule has 0 aliphatic carbocycles. The molecule has 106 valence electrons. The molecule has 1 aromatic carbocycles. The number of anilines is 1. The number of carbonyl (C=O) groups is 2. The summed E-state index contributed by atoms with van der Waals surface area (Å²) in [5.41, 5.74) is -0.00706. The maximum Gasteiger partial charge on any atom is 0.339 e. The summed E-state index contributed by atoms with van der Waals surface area (Å²) >= 11 is 5.81. The minimum absolute atomic E-state index is 0.0611. The van der Waals surface area contributed by atoms with E-state index < -0.39 is 12.0 Å². The summed E-state index contributed by atoms with van der Waals surface area (Å²) in [4.78, 5) is 22.9. The molecule has 0 aliphatic heterocycles. The predicted molar refractivity (Wildman–Crippen MR) is 78.1 cm³/mol. The quantitative estimate of drug-likeness (QED) is 0.731. The molecule has 5 nitrogen and oxygen atoms in total. The zero-order valence-electron chi connectivity index (χ0n) is 10.9. The van der Waals surface area contributed by atoms with Crippen molar-refractivity contribution in [1.82, 2.24) is 5.32 Å². The number of hydrogen-bond acceptors (Lipinski definition) is 2. The number of amides is 2. The van der Waals surface area contributed by atoms with Crippen LogP contribution in [0.5, 0.6) is 0 Å². The highest BCUT2D eigenvalue weighted by molar-refractivity contribution is 6.34. The van der Waals surface area contributed by atoms with Crippen LogP contribution >= 0.6 is 11.6 Å². The van der Waals surface area contributed by atoms with E-state index in [2.05, 4.69) is 16.6 Å². The molecule has 0 saturated heterocycles. The van der Waals surface area contributed by atoms with Crippen molar-refractivity contribution >= 4 is 29.3 Å². The van der Waals surface area contributed by atoms with Gasteiger partial charge in [0.2, 0.25) is 0 Å². The van der Waals surface area contributed by atoms with Crippen molar-refractivity contribution in [2.45, 2.75) is 25.8 Å². The number of aromatic carboxylic acids is 1. The Labute approximate surface area is 122 Å². The molecule has 0 aliphatic rings. The third-order valence-electron chi connectivity index (χ3n) is 2.67. The maximum absolute atomic E-state index is 11.8. The molecule has 1 rings (SSSR count). The van der Waals surface area contributed by atoms with Gasteiger partial charge in [0.1, 0.15) is 5.56 Å². The summed E-state index contributed by atoms with van der Waals surface area (Å²) in [6.45, 7) is 1.89. The van der Waals surface area contributed by atoms with Crippen LogP contribution in [0.3, 0.4) is 0 Å². The van der Waals surface area contributed by atoms with Crippen molar-refractivity contribution in [3.8, 4) is 12.3 Å². The van der Waals surface area contributed by atoms with Crippen molar-refractivity contribution in [2.75, 3.05) is 5.32 Å². The lowest BCUT2D eigenvalue weighted by Gasteiger charge is -2.16. The van der Waals surface area contributed by atoms with E-state index in [-0.39, 0.29) is 22.3 Å². The number of terminal acetylenes is 1. The number of urea groups is 1. The van der Waals surface area contributed by atoms with Gasteiger partial charge in [-0.3, -0.25) is 0 Å². The lowest BCUT2D eigenvalue weighted by atomic mass is 10.1. The molecular weight excluding hydrogens is 280 g/mol. The fourth-order valence-corrected chi connectivity index (χ4v) is 1.88. The van der Waals surface area contributed by atoms with Gasteiger partial charge in [0.25, 0.3) is 0 Å². The van der Waals surface area contributed by atoms with Crippen molar-refractivity contribution < 1.29 is 14.7 Å². The molecule has 0 radical (unpaired) electrons. The Hall–Kier alpha value is -2.19. The third-order valence-corrected chi connectivity index (χ3v) is 2.98. The van der Waals surface area contributed by atoms with Crippen LogP contribution in [0.4, 0.5) is 10.5 Å². The third kappa shape index (κ3) is 4.18.